The third kappa shape index (κ3) is 7.27. The highest BCUT2D eigenvalue weighted by Crippen LogP contribution is 1.85. The van der Waals surface area contributed by atoms with E-state index < -0.39 is 0 Å². The Kier molecular flexibility index (Phi) is 7.01. The van der Waals surface area contributed by atoms with E-state index in [0.29, 0.717) is 0 Å². The van der Waals surface area contributed by atoms with Crippen LogP contribution in [0.4, 0.5) is 0 Å². The topological polar surface area (TPSA) is 73.1 Å². The van der Waals surface area contributed by atoms with Crippen molar-refractivity contribution in [3.63, 3.8) is 0 Å². The lowest BCUT2D eigenvalue weighted by molar-refractivity contribution is 0.172. The average Bonchev–Trinajstić information content (AvgIpc) is 3.10. The zero-order valence-electron chi connectivity index (χ0n) is 8.26. The molecule has 0 unspecified atom stereocenters. The molecule has 2 aromatic heterocycles. The van der Waals surface area contributed by atoms with Crippen LogP contribution in [0.5, 0.6) is 0 Å². The van der Waals surface area contributed by atoms with Gasteiger partial charge in [-0.1, -0.05) is 0 Å². The van der Waals surface area contributed by atoms with E-state index in [1.54, 1.807) is 41.6 Å². The van der Waals surface area contributed by atoms with Gasteiger partial charge >= 0.3 is 0 Å². The van der Waals surface area contributed by atoms with Crippen molar-refractivity contribution in [3.8, 4) is 0 Å². The highest BCUT2D eigenvalue weighted by molar-refractivity contribution is 7.07. The minimum atomic E-state index is 1.40. The molecular formula is C9H10N4O2S. The van der Waals surface area contributed by atoms with Gasteiger partial charge in [-0.2, -0.15) is 0 Å². The molecule has 0 saturated carbocycles. The molecule has 1 N–H and O–H groups in total. The summed E-state index contributed by atoms with van der Waals surface area (Å²) in [6.07, 6.45) is 11.6. The average molecular weight is 238 g/mol. The second-order valence-corrected chi connectivity index (χ2v) is 2.94. The van der Waals surface area contributed by atoms with Gasteiger partial charge in [0, 0.05) is 23.0 Å². The van der Waals surface area contributed by atoms with Crippen molar-refractivity contribution >= 4 is 11.3 Å². The van der Waals surface area contributed by atoms with Gasteiger partial charge in [-0.05, 0) is 12.2 Å². The van der Waals surface area contributed by atoms with Crippen molar-refractivity contribution in [3.05, 3.63) is 54.2 Å². The molecule has 1 aliphatic heterocycles. The van der Waals surface area contributed by atoms with Gasteiger partial charge in [0.15, 0.2) is 0 Å². The number of thiazole rings is 1. The number of hydrogen-bond donors (Lipinski definition) is 1. The number of hydrogen-bond acceptors (Lipinski definition) is 7. The summed E-state index contributed by atoms with van der Waals surface area (Å²) < 4.78 is 4.22. The van der Waals surface area contributed by atoms with Crippen molar-refractivity contribution in [2.75, 3.05) is 0 Å². The summed E-state index contributed by atoms with van der Waals surface area (Å²) in [5.41, 5.74) is 4.31. The lowest BCUT2D eigenvalue weighted by Gasteiger charge is -1.97. The first-order valence-electron chi connectivity index (χ1n) is 4.26. The van der Waals surface area contributed by atoms with Gasteiger partial charge in [0.2, 0.25) is 0 Å². The molecule has 7 heteroatoms. The number of aromatic nitrogens is 3. The van der Waals surface area contributed by atoms with Gasteiger partial charge in [0.25, 0.3) is 0 Å². The van der Waals surface area contributed by atoms with Crippen molar-refractivity contribution in [1.29, 1.82) is 0 Å². The van der Waals surface area contributed by atoms with Crippen LogP contribution in [0.25, 0.3) is 0 Å². The molecule has 0 amide bonds. The van der Waals surface area contributed by atoms with E-state index in [9.17, 15) is 0 Å². The molecule has 3 heterocycles. The van der Waals surface area contributed by atoms with E-state index in [-0.39, 0.29) is 0 Å². The zero-order chi connectivity index (χ0) is 11.3. The summed E-state index contributed by atoms with van der Waals surface area (Å²) in [6.45, 7) is 0. The van der Waals surface area contributed by atoms with Crippen molar-refractivity contribution in [1.82, 2.24) is 20.8 Å². The molecule has 0 bridgehead atoms. The Balaban J connectivity index is 0.000000121. The van der Waals surface area contributed by atoms with Crippen LogP contribution in [0.15, 0.2) is 58.7 Å². The number of rotatable bonds is 0. The lowest BCUT2D eigenvalue weighted by atomic mass is 10.6. The Bertz CT molecular complexity index is 299. The first-order valence-corrected chi connectivity index (χ1v) is 5.20. The molecule has 0 aliphatic carbocycles. The highest BCUT2D eigenvalue weighted by Gasteiger charge is 1.72. The molecular weight excluding hydrogens is 228 g/mol. The lowest BCUT2D eigenvalue weighted by Crippen LogP contribution is -2.01. The number of nitrogens with one attached hydrogen (secondary N) is 1. The number of hydroxylamine groups is 1. The summed E-state index contributed by atoms with van der Waals surface area (Å²) in [4.78, 5) is 8.29. The highest BCUT2D eigenvalue weighted by atomic mass is 32.1. The van der Waals surface area contributed by atoms with Crippen molar-refractivity contribution in [2.45, 2.75) is 0 Å². The smallest absolute Gasteiger partial charge is 0.144 e. The van der Waals surface area contributed by atoms with Gasteiger partial charge in [-0.3, -0.25) is 4.98 Å². The van der Waals surface area contributed by atoms with E-state index in [1.807, 2.05) is 11.5 Å². The van der Waals surface area contributed by atoms with E-state index in [1.165, 1.54) is 12.5 Å². The minimum Gasteiger partial charge on any atom is -0.391 e. The van der Waals surface area contributed by atoms with Crippen LogP contribution in [-0.4, -0.2) is 15.4 Å². The molecule has 0 fully saturated rings. The van der Waals surface area contributed by atoms with E-state index in [4.69, 9.17) is 0 Å². The zero-order valence-corrected chi connectivity index (χ0v) is 9.08. The fourth-order valence-corrected chi connectivity index (χ4v) is 0.921. The van der Waals surface area contributed by atoms with Crippen LogP contribution in [0.2, 0.25) is 0 Å². The monoisotopic (exact) mass is 238 g/mol. The van der Waals surface area contributed by atoms with Crippen LogP contribution in [0.3, 0.4) is 0 Å². The third-order valence-corrected chi connectivity index (χ3v) is 1.64. The summed E-state index contributed by atoms with van der Waals surface area (Å²) in [5.74, 6) is 0. The maximum Gasteiger partial charge on any atom is 0.144 e. The molecule has 0 spiro atoms. The molecule has 0 saturated heterocycles. The number of nitrogens with zero attached hydrogens (tertiary/aromatic N) is 3. The van der Waals surface area contributed by atoms with Crippen LogP contribution in [-0.2, 0) is 4.84 Å². The standard InChI is InChI=1S/C4H5NO.C3H3NS.C2H2N2O/c1-2-4-6-5-3-1;1-2-5-3-4-1;1-2-5-4-3-1/h1-5H;1-3H;1-2H. The third-order valence-electron chi connectivity index (χ3n) is 1.12. The van der Waals surface area contributed by atoms with Gasteiger partial charge in [-0.15, -0.1) is 16.4 Å². The van der Waals surface area contributed by atoms with Gasteiger partial charge < -0.3 is 9.36 Å². The first kappa shape index (κ1) is 11.9. The van der Waals surface area contributed by atoms with Crippen molar-refractivity contribution in [2.24, 2.45) is 0 Å². The summed E-state index contributed by atoms with van der Waals surface area (Å²) in [6, 6.07) is 0. The van der Waals surface area contributed by atoms with Gasteiger partial charge in [-0.25, -0.2) is 5.48 Å². The van der Waals surface area contributed by atoms with Crippen LogP contribution in [0.1, 0.15) is 0 Å². The Morgan fingerprint density at radius 3 is 2.38 bits per heavy atom. The Morgan fingerprint density at radius 2 is 2.19 bits per heavy atom. The van der Waals surface area contributed by atoms with Gasteiger partial charge in [0.05, 0.1) is 11.7 Å². The van der Waals surface area contributed by atoms with Crippen LogP contribution in [0, 0.1) is 0 Å². The molecule has 84 valence electrons. The largest absolute Gasteiger partial charge is 0.391 e. The van der Waals surface area contributed by atoms with Crippen LogP contribution < -0.4 is 5.48 Å². The maximum atomic E-state index is 4.55. The van der Waals surface area contributed by atoms with E-state index in [0.717, 1.165) is 0 Å². The molecule has 3 rings (SSSR count). The Hall–Kier alpha value is -2.15. The summed E-state index contributed by atoms with van der Waals surface area (Å²) in [5, 5.41) is 8.33. The Labute approximate surface area is 96.2 Å². The maximum absolute atomic E-state index is 4.55. The van der Waals surface area contributed by atoms with E-state index in [2.05, 4.69) is 30.2 Å². The minimum absolute atomic E-state index is 1.40. The molecule has 0 atom stereocenters. The fraction of sp³-hybridized carbons (Fsp3) is 0. The molecule has 0 aromatic carbocycles. The molecule has 1 aliphatic rings. The predicted octanol–water partition coefficient (Wildman–Crippen LogP) is 1.76. The Morgan fingerprint density at radius 1 is 1.19 bits per heavy atom. The summed E-state index contributed by atoms with van der Waals surface area (Å²) >= 11 is 1.60. The fourth-order valence-electron chi connectivity index (χ4n) is 0.570. The molecule has 6 nitrogen and oxygen atoms in total. The molecule has 0 radical (unpaired) electrons. The summed E-state index contributed by atoms with van der Waals surface area (Å²) in [7, 11) is 0. The second-order valence-electron chi connectivity index (χ2n) is 2.19. The van der Waals surface area contributed by atoms with Crippen molar-refractivity contribution < 1.29 is 9.36 Å². The number of allylic oxidation sites excluding steroid dienone is 2. The first-order chi connectivity index (χ1) is 8.00. The normalized spacial score (nSPS) is 11.0. The quantitative estimate of drug-likeness (QED) is 0.754. The second kappa shape index (κ2) is 9.41. The SMILES string of the molecule is C1=CNOC=C1.c1conn1.c1cscn1. The van der Waals surface area contributed by atoms with Gasteiger partial charge in [0.1, 0.15) is 12.5 Å². The van der Waals surface area contributed by atoms with E-state index >= 15 is 0 Å². The van der Waals surface area contributed by atoms with Crippen LogP contribution >= 0.6 is 11.3 Å². The predicted molar refractivity (Wildman–Crippen MR) is 58.9 cm³/mol. The molecule has 16 heavy (non-hydrogen) atoms. The molecule has 2 aromatic rings.